The summed E-state index contributed by atoms with van der Waals surface area (Å²) < 4.78 is 0.541. The topological polar surface area (TPSA) is 66.1 Å². The highest BCUT2D eigenvalue weighted by Gasteiger charge is 2.22. The number of aromatic amines is 1. The Balaban J connectivity index is 2.37. The first-order valence-electron chi connectivity index (χ1n) is 4.18. The Labute approximate surface area is 93.7 Å². The maximum absolute atomic E-state index is 11.3. The van der Waals surface area contributed by atoms with Gasteiger partial charge in [0.1, 0.15) is 9.39 Å². The summed E-state index contributed by atoms with van der Waals surface area (Å²) in [6.07, 6.45) is 1.91. The minimum absolute atomic E-state index is 0.157. The molecule has 74 valence electrons. The van der Waals surface area contributed by atoms with Gasteiger partial charge in [0.2, 0.25) is 0 Å². The predicted molar refractivity (Wildman–Crippen MR) is 59.4 cm³/mol. The molecular weight excluding hydrogens is 297 g/mol. The van der Waals surface area contributed by atoms with Crippen molar-refractivity contribution in [3.05, 3.63) is 20.3 Å². The number of aromatic nitrogens is 2. The summed E-state index contributed by atoms with van der Waals surface area (Å²) in [4.78, 5) is 30.7. The Morgan fingerprint density at radius 3 is 2.93 bits per heavy atom. The first kappa shape index (κ1) is 9.63. The number of Topliss-reactive ketones (excluding diaryl/α,β-unsaturated/α-hetero) is 1. The summed E-state index contributed by atoms with van der Waals surface area (Å²) in [5.41, 5.74) is -0.157. The number of hydrogen-bond acceptors (Lipinski definition) is 4. The van der Waals surface area contributed by atoms with Crippen molar-refractivity contribution in [3.63, 3.8) is 0 Å². The minimum Gasteiger partial charge on any atom is -0.348 e. The van der Waals surface area contributed by atoms with Crippen LogP contribution in [0, 0.1) is 3.57 Å². The fourth-order valence-electron chi connectivity index (χ4n) is 1.41. The summed E-state index contributed by atoms with van der Waals surface area (Å²) in [5.74, 6) is 0.808. The van der Waals surface area contributed by atoms with Gasteiger partial charge in [-0.3, -0.25) is 9.59 Å². The van der Waals surface area contributed by atoms with E-state index >= 15 is 0 Å². The van der Waals surface area contributed by atoms with Crippen LogP contribution in [0.2, 0.25) is 0 Å². The first-order chi connectivity index (χ1) is 6.68. The molecule has 0 spiro atoms. The number of anilines is 1. The molecule has 0 bridgehead atoms. The number of nitrogens with zero attached hydrogens (tertiary/aromatic N) is 2. The van der Waals surface area contributed by atoms with Crippen molar-refractivity contribution in [1.29, 1.82) is 0 Å². The molecule has 2 rings (SSSR count). The lowest BCUT2D eigenvalue weighted by molar-refractivity contribution is -0.116. The van der Waals surface area contributed by atoms with E-state index in [4.69, 9.17) is 0 Å². The van der Waals surface area contributed by atoms with E-state index in [-0.39, 0.29) is 11.3 Å². The average Bonchev–Trinajstić information content (AvgIpc) is 2.57. The zero-order chi connectivity index (χ0) is 10.1. The molecule has 1 aromatic heterocycles. The maximum Gasteiger partial charge on any atom is 0.266 e. The van der Waals surface area contributed by atoms with Crippen molar-refractivity contribution in [2.45, 2.75) is 6.42 Å². The van der Waals surface area contributed by atoms with Gasteiger partial charge in [-0.25, -0.2) is 4.98 Å². The van der Waals surface area contributed by atoms with E-state index in [0.29, 0.717) is 28.9 Å². The van der Waals surface area contributed by atoms with Gasteiger partial charge in [-0.1, -0.05) is 0 Å². The van der Waals surface area contributed by atoms with Crippen LogP contribution >= 0.6 is 22.6 Å². The van der Waals surface area contributed by atoms with Crippen molar-refractivity contribution in [3.8, 4) is 0 Å². The first-order valence-corrected chi connectivity index (χ1v) is 5.26. The van der Waals surface area contributed by atoms with Gasteiger partial charge in [-0.15, -0.1) is 0 Å². The van der Waals surface area contributed by atoms with Crippen molar-refractivity contribution in [2.24, 2.45) is 0 Å². The molecular formula is C8H8IN3O2. The van der Waals surface area contributed by atoms with E-state index in [1.807, 2.05) is 27.5 Å². The lowest BCUT2D eigenvalue weighted by Gasteiger charge is -2.15. The fourth-order valence-corrected chi connectivity index (χ4v) is 2.04. The van der Waals surface area contributed by atoms with Crippen LogP contribution in [0.4, 0.5) is 5.82 Å². The van der Waals surface area contributed by atoms with Gasteiger partial charge in [-0.05, 0) is 22.6 Å². The highest BCUT2D eigenvalue weighted by atomic mass is 127. The van der Waals surface area contributed by atoms with E-state index in [0.717, 1.165) is 0 Å². The van der Waals surface area contributed by atoms with Gasteiger partial charge < -0.3 is 9.88 Å². The molecule has 1 aliphatic heterocycles. The number of nitrogens with one attached hydrogen (secondary N) is 1. The van der Waals surface area contributed by atoms with Gasteiger partial charge in [0, 0.05) is 13.0 Å². The van der Waals surface area contributed by atoms with Crippen LogP contribution in [0.3, 0.4) is 0 Å². The van der Waals surface area contributed by atoms with Crippen molar-refractivity contribution in [1.82, 2.24) is 9.97 Å². The predicted octanol–water partition coefficient (Wildman–Crippen LogP) is 0.154. The van der Waals surface area contributed by atoms with Crippen LogP contribution in [0.25, 0.3) is 0 Å². The number of H-pyrrole nitrogens is 1. The molecule has 0 unspecified atom stereocenters. The van der Waals surface area contributed by atoms with Crippen LogP contribution in [0.1, 0.15) is 6.42 Å². The van der Waals surface area contributed by atoms with Gasteiger partial charge in [-0.2, -0.15) is 0 Å². The van der Waals surface area contributed by atoms with Crippen LogP contribution < -0.4 is 10.5 Å². The maximum atomic E-state index is 11.3. The Morgan fingerprint density at radius 2 is 2.29 bits per heavy atom. The Kier molecular flexibility index (Phi) is 2.53. The minimum atomic E-state index is -0.157. The molecule has 0 aromatic carbocycles. The van der Waals surface area contributed by atoms with Gasteiger partial charge in [0.25, 0.3) is 5.56 Å². The normalized spacial score (nSPS) is 16.4. The van der Waals surface area contributed by atoms with Crippen LogP contribution in [0.5, 0.6) is 0 Å². The Hall–Kier alpha value is -0.920. The molecule has 14 heavy (non-hydrogen) atoms. The number of hydrogen-bond donors (Lipinski definition) is 1. The number of carbonyl (C=O) groups is 1. The molecule has 1 fully saturated rings. The van der Waals surface area contributed by atoms with E-state index in [2.05, 4.69) is 9.97 Å². The van der Waals surface area contributed by atoms with Crippen molar-refractivity contribution in [2.75, 3.05) is 18.0 Å². The summed E-state index contributed by atoms with van der Waals surface area (Å²) in [6, 6.07) is 0. The number of ketones is 1. The summed E-state index contributed by atoms with van der Waals surface area (Å²) in [5, 5.41) is 0. The molecule has 1 aliphatic rings. The fraction of sp³-hybridized carbons (Fsp3) is 0.375. The van der Waals surface area contributed by atoms with Crippen LogP contribution in [0.15, 0.2) is 11.1 Å². The van der Waals surface area contributed by atoms with Crippen LogP contribution in [-0.2, 0) is 4.79 Å². The number of rotatable bonds is 1. The molecule has 5 nitrogen and oxygen atoms in total. The van der Waals surface area contributed by atoms with E-state index in [1.165, 1.54) is 6.33 Å². The van der Waals surface area contributed by atoms with Gasteiger partial charge in [0.05, 0.1) is 12.9 Å². The monoisotopic (exact) mass is 305 g/mol. The Bertz CT molecular complexity index is 429. The highest BCUT2D eigenvalue weighted by Crippen LogP contribution is 2.18. The molecule has 0 amide bonds. The number of carbonyl (C=O) groups excluding carboxylic acids is 1. The quantitative estimate of drug-likeness (QED) is 0.750. The molecule has 1 N–H and O–H groups in total. The third kappa shape index (κ3) is 1.66. The van der Waals surface area contributed by atoms with E-state index in [1.54, 1.807) is 0 Å². The Morgan fingerprint density at radius 1 is 1.50 bits per heavy atom. The largest absolute Gasteiger partial charge is 0.348 e. The van der Waals surface area contributed by atoms with Gasteiger partial charge in [0.15, 0.2) is 5.78 Å². The van der Waals surface area contributed by atoms with Gasteiger partial charge >= 0.3 is 0 Å². The summed E-state index contributed by atoms with van der Waals surface area (Å²) in [6.45, 7) is 1.03. The SMILES string of the molecule is O=C1CCN(c2nc[nH]c(=O)c2I)C1. The molecule has 0 aliphatic carbocycles. The van der Waals surface area contributed by atoms with E-state index < -0.39 is 0 Å². The molecule has 0 saturated carbocycles. The third-order valence-electron chi connectivity index (χ3n) is 2.11. The van der Waals surface area contributed by atoms with Crippen molar-refractivity contribution >= 4 is 34.2 Å². The zero-order valence-corrected chi connectivity index (χ0v) is 9.45. The molecule has 1 saturated heterocycles. The molecule has 0 radical (unpaired) electrons. The lowest BCUT2D eigenvalue weighted by Crippen LogP contribution is -2.25. The smallest absolute Gasteiger partial charge is 0.266 e. The average molecular weight is 305 g/mol. The molecule has 1 aromatic rings. The second-order valence-electron chi connectivity index (χ2n) is 3.08. The second kappa shape index (κ2) is 3.68. The lowest BCUT2D eigenvalue weighted by atomic mass is 10.4. The molecule has 6 heteroatoms. The molecule has 0 atom stereocenters. The van der Waals surface area contributed by atoms with E-state index in [9.17, 15) is 9.59 Å². The van der Waals surface area contributed by atoms with Crippen LogP contribution in [-0.4, -0.2) is 28.8 Å². The standard InChI is InChI=1S/C8H8IN3O2/c9-6-7(10-4-11-8(6)14)12-2-1-5(13)3-12/h4H,1-3H2,(H,10,11,14). The zero-order valence-electron chi connectivity index (χ0n) is 7.29. The molecule has 2 heterocycles. The third-order valence-corrected chi connectivity index (χ3v) is 3.08. The highest BCUT2D eigenvalue weighted by molar-refractivity contribution is 14.1. The summed E-state index contributed by atoms with van der Waals surface area (Å²) >= 11 is 1.94. The van der Waals surface area contributed by atoms with Crippen molar-refractivity contribution < 1.29 is 4.79 Å². The second-order valence-corrected chi connectivity index (χ2v) is 4.16. The number of halogens is 1. The summed E-state index contributed by atoms with van der Waals surface area (Å²) in [7, 11) is 0.